The van der Waals surface area contributed by atoms with Crippen molar-refractivity contribution in [2.75, 3.05) is 13.3 Å². The molecule has 0 amide bonds. The summed E-state index contributed by atoms with van der Waals surface area (Å²) >= 11 is 0. The number of sulfonamides is 1. The Balaban J connectivity index is 1.72. The first kappa shape index (κ1) is 15.5. The van der Waals surface area contributed by atoms with Crippen LogP contribution in [0.15, 0.2) is 41.3 Å². The van der Waals surface area contributed by atoms with E-state index in [9.17, 15) is 8.42 Å². The molecular weight excluding hydrogens is 326 g/mol. The van der Waals surface area contributed by atoms with E-state index in [4.69, 9.17) is 9.47 Å². The lowest BCUT2D eigenvalue weighted by Gasteiger charge is -2.34. The number of ether oxygens (including phenoxy) is 2. The SMILES string of the molecule is Cc1ccc(S(=O)(=O)N2CCc3cc4c(cc3C2C)OCO4)cc1. The lowest BCUT2D eigenvalue weighted by molar-refractivity contribution is 0.174. The van der Waals surface area contributed by atoms with Gasteiger partial charge in [0.05, 0.1) is 4.90 Å². The van der Waals surface area contributed by atoms with Gasteiger partial charge in [0.2, 0.25) is 16.8 Å². The second-order valence-electron chi connectivity index (χ2n) is 6.26. The maximum Gasteiger partial charge on any atom is 0.243 e. The van der Waals surface area contributed by atoms with Crippen molar-refractivity contribution in [1.29, 1.82) is 0 Å². The Hall–Kier alpha value is -2.05. The van der Waals surface area contributed by atoms with Crippen LogP contribution in [0.25, 0.3) is 0 Å². The molecule has 0 spiro atoms. The van der Waals surface area contributed by atoms with Gasteiger partial charge in [0, 0.05) is 12.6 Å². The third-order valence-corrected chi connectivity index (χ3v) is 6.73. The fourth-order valence-corrected chi connectivity index (χ4v) is 4.97. The fraction of sp³-hybridized carbons (Fsp3) is 0.333. The molecule has 24 heavy (non-hydrogen) atoms. The number of nitrogens with zero attached hydrogens (tertiary/aromatic N) is 1. The van der Waals surface area contributed by atoms with E-state index in [1.54, 1.807) is 16.4 Å². The predicted octanol–water partition coefficient (Wildman–Crippen LogP) is 3.03. The molecule has 0 saturated heterocycles. The predicted molar refractivity (Wildman–Crippen MR) is 89.8 cm³/mol. The molecule has 2 aromatic carbocycles. The van der Waals surface area contributed by atoms with Gasteiger partial charge in [-0.1, -0.05) is 17.7 Å². The number of rotatable bonds is 2. The molecule has 0 aromatic heterocycles. The third-order valence-electron chi connectivity index (χ3n) is 4.75. The van der Waals surface area contributed by atoms with Gasteiger partial charge in [0.25, 0.3) is 0 Å². The molecule has 0 N–H and O–H groups in total. The van der Waals surface area contributed by atoms with Gasteiger partial charge in [0.15, 0.2) is 11.5 Å². The summed E-state index contributed by atoms with van der Waals surface area (Å²) in [6.45, 7) is 4.55. The summed E-state index contributed by atoms with van der Waals surface area (Å²) in [5.74, 6) is 1.44. The summed E-state index contributed by atoms with van der Waals surface area (Å²) < 4.78 is 38.5. The van der Waals surface area contributed by atoms with Crippen LogP contribution in [0, 0.1) is 6.92 Å². The highest BCUT2D eigenvalue weighted by molar-refractivity contribution is 7.89. The van der Waals surface area contributed by atoms with Crippen LogP contribution in [0.5, 0.6) is 11.5 Å². The quantitative estimate of drug-likeness (QED) is 0.839. The van der Waals surface area contributed by atoms with Crippen molar-refractivity contribution in [3.8, 4) is 11.5 Å². The number of aryl methyl sites for hydroxylation is 1. The third kappa shape index (κ3) is 2.37. The molecule has 1 atom stereocenters. The minimum Gasteiger partial charge on any atom is -0.454 e. The number of benzene rings is 2. The minimum absolute atomic E-state index is 0.220. The van der Waals surface area contributed by atoms with Crippen LogP contribution < -0.4 is 9.47 Å². The Bertz CT molecular complexity index is 890. The molecule has 0 aliphatic carbocycles. The van der Waals surface area contributed by atoms with Crippen LogP contribution in [-0.4, -0.2) is 26.1 Å². The van der Waals surface area contributed by atoms with Crippen LogP contribution >= 0.6 is 0 Å². The summed E-state index contributed by atoms with van der Waals surface area (Å²) in [5, 5.41) is 0. The van der Waals surface area contributed by atoms with Gasteiger partial charge < -0.3 is 9.47 Å². The maximum atomic E-state index is 13.0. The Morgan fingerprint density at radius 1 is 1.08 bits per heavy atom. The van der Waals surface area contributed by atoms with E-state index in [1.165, 1.54) is 0 Å². The van der Waals surface area contributed by atoms with Gasteiger partial charge in [-0.25, -0.2) is 8.42 Å². The summed E-state index contributed by atoms with van der Waals surface area (Å²) in [6.07, 6.45) is 0.668. The normalized spacial score (nSPS) is 20.0. The highest BCUT2D eigenvalue weighted by Crippen LogP contribution is 2.41. The highest BCUT2D eigenvalue weighted by Gasteiger charge is 2.35. The molecule has 0 fully saturated rings. The molecule has 126 valence electrons. The first-order valence-corrected chi connectivity index (χ1v) is 9.42. The van der Waals surface area contributed by atoms with E-state index in [0.717, 1.165) is 22.4 Å². The molecule has 5 nitrogen and oxygen atoms in total. The Labute approximate surface area is 141 Å². The number of hydrogen-bond acceptors (Lipinski definition) is 4. The van der Waals surface area contributed by atoms with Crippen molar-refractivity contribution in [2.24, 2.45) is 0 Å². The van der Waals surface area contributed by atoms with Gasteiger partial charge in [-0.15, -0.1) is 0 Å². The summed E-state index contributed by atoms with van der Waals surface area (Å²) in [6, 6.07) is 10.7. The molecule has 2 aliphatic rings. The van der Waals surface area contributed by atoms with E-state index in [0.29, 0.717) is 23.6 Å². The van der Waals surface area contributed by atoms with Gasteiger partial charge in [-0.05, 0) is 55.7 Å². The van der Waals surface area contributed by atoms with E-state index in [1.807, 2.05) is 38.1 Å². The Kier molecular flexibility index (Phi) is 3.54. The lowest BCUT2D eigenvalue weighted by atomic mass is 9.94. The molecule has 2 heterocycles. The summed E-state index contributed by atoms with van der Waals surface area (Å²) in [7, 11) is -3.52. The van der Waals surface area contributed by atoms with E-state index >= 15 is 0 Å². The van der Waals surface area contributed by atoms with E-state index < -0.39 is 10.0 Å². The summed E-state index contributed by atoms with van der Waals surface area (Å²) in [4.78, 5) is 0.337. The van der Waals surface area contributed by atoms with Crippen molar-refractivity contribution in [2.45, 2.75) is 31.2 Å². The van der Waals surface area contributed by atoms with Crippen LogP contribution in [0.3, 0.4) is 0 Å². The van der Waals surface area contributed by atoms with Crippen molar-refractivity contribution in [3.05, 3.63) is 53.1 Å². The van der Waals surface area contributed by atoms with E-state index in [2.05, 4.69) is 0 Å². The van der Waals surface area contributed by atoms with Gasteiger partial charge in [-0.2, -0.15) is 4.31 Å². The Morgan fingerprint density at radius 3 is 2.46 bits per heavy atom. The van der Waals surface area contributed by atoms with Gasteiger partial charge in [0.1, 0.15) is 0 Å². The first-order valence-electron chi connectivity index (χ1n) is 7.98. The zero-order chi connectivity index (χ0) is 16.9. The summed E-state index contributed by atoms with van der Waals surface area (Å²) in [5.41, 5.74) is 3.15. The smallest absolute Gasteiger partial charge is 0.243 e. The average molecular weight is 345 g/mol. The van der Waals surface area contributed by atoms with Crippen molar-refractivity contribution < 1.29 is 17.9 Å². The largest absolute Gasteiger partial charge is 0.454 e. The molecule has 2 aromatic rings. The second kappa shape index (κ2) is 5.50. The zero-order valence-electron chi connectivity index (χ0n) is 13.7. The molecule has 4 rings (SSSR count). The van der Waals surface area contributed by atoms with Crippen molar-refractivity contribution in [1.82, 2.24) is 4.31 Å². The standard InChI is InChI=1S/C18H19NO4S/c1-12-3-5-15(6-4-12)24(20,21)19-8-7-14-9-17-18(23-11-22-17)10-16(14)13(19)2/h3-6,9-10,13H,7-8,11H2,1-2H3. The number of fused-ring (bicyclic) bond motifs is 2. The highest BCUT2D eigenvalue weighted by atomic mass is 32.2. The van der Waals surface area contributed by atoms with Crippen LogP contribution in [0.2, 0.25) is 0 Å². The van der Waals surface area contributed by atoms with Crippen molar-refractivity contribution >= 4 is 10.0 Å². The monoisotopic (exact) mass is 345 g/mol. The Morgan fingerprint density at radius 2 is 1.75 bits per heavy atom. The average Bonchev–Trinajstić information content (AvgIpc) is 3.01. The molecule has 6 heteroatoms. The minimum atomic E-state index is -3.52. The first-order chi connectivity index (χ1) is 11.5. The number of hydrogen-bond donors (Lipinski definition) is 0. The lowest BCUT2D eigenvalue weighted by Crippen LogP contribution is -2.38. The second-order valence-corrected chi connectivity index (χ2v) is 8.15. The molecule has 2 aliphatic heterocycles. The van der Waals surface area contributed by atoms with Gasteiger partial charge in [-0.3, -0.25) is 0 Å². The molecule has 1 unspecified atom stereocenters. The van der Waals surface area contributed by atoms with E-state index in [-0.39, 0.29) is 12.8 Å². The topological polar surface area (TPSA) is 55.8 Å². The zero-order valence-corrected chi connectivity index (χ0v) is 14.5. The molecular formula is C18H19NO4S. The van der Waals surface area contributed by atoms with Crippen molar-refractivity contribution in [3.63, 3.8) is 0 Å². The van der Waals surface area contributed by atoms with Crippen LogP contribution in [0.1, 0.15) is 29.7 Å². The van der Waals surface area contributed by atoms with Crippen LogP contribution in [0.4, 0.5) is 0 Å². The molecule has 0 saturated carbocycles. The maximum absolute atomic E-state index is 13.0. The fourth-order valence-electron chi connectivity index (χ4n) is 3.36. The van der Waals surface area contributed by atoms with Gasteiger partial charge >= 0.3 is 0 Å². The van der Waals surface area contributed by atoms with Crippen LogP contribution in [-0.2, 0) is 16.4 Å². The molecule has 0 radical (unpaired) electrons. The molecule has 0 bridgehead atoms.